The van der Waals surface area contributed by atoms with Crippen LogP contribution in [0.1, 0.15) is 45.4 Å². The van der Waals surface area contributed by atoms with Gasteiger partial charge in [-0.25, -0.2) is 0 Å². The lowest BCUT2D eigenvalue weighted by molar-refractivity contribution is 0.0896. The van der Waals surface area contributed by atoms with Crippen LogP contribution < -0.4 is 16.4 Å². The highest BCUT2D eigenvalue weighted by Crippen LogP contribution is 2.39. The van der Waals surface area contributed by atoms with E-state index < -0.39 is 0 Å². The molecule has 5 nitrogen and oxygen atoms in total. The molecule has 1 aromatic heterocycles. The first kappa shape index (κ1) is 17.6. The van der Waals surface area contributed by atoms with Crippen LogP contribution in [0.25, 0.3) is 0 Å². The molecule has 1 atom stereocenters. The van der Waals surface area contributed by atoms with Crippen molar-refractivity contribution in [1.29, 1.82) is 0 Å². The van der Waals surface area contributed by atoms with Crippen LogP contribution in [0, 0.1) is 5.92 Å². The van der Waals surface area contributed by atoms with Gasteiger partial charge in [-0.2, -0.15) is 0 Å². The van der Waals surface area contributed by atoms with Gasteiger partial charge in [0.05, 0.1) is 10.4 Å². The van der Waals surface area contributed by atoms with E-state index in [1.165, 1.54) is 11.3 Å². The van der Waals surface area contributed by atoms with Gasteiger partial charge >= 0.3 is 0 Å². The number of nitrogens with one attached hydrogen (secondary N) is 2. The maximum Gasteiger partial charge on any atom is 0.261 e. The number of hydrogen-bond acceptors (Lipinski definition) is 4. The Bertz CT molecular complexity index is 739. The Balaban J connectivity index is 1.56. The predicted molar refractivity (Wildman–Crippen MR) is 99.6 cm³/mol. The van der Waals surface area contributed by atoms with Gasteiger partial charge in [0.2, 0.25) is 0 Å². The molecule has 1 aromatic carbocycles. The summed E-state index contributed by atoms with van der Waals surface area (Å²) in [5, 5.41) is 7.83. The Morgan fingerprint density at radius 3 is 2.48 bits per heavy atom. The summed E-state index contributed by atoms with van der Waals surface area (Å²) in [7, 11) is 0. The smallest absolute Gasteiger partial charge is 0.261 e. The predicted octanol–water partition coefficient (Wildman–Crippen LogP) is 2.54. The van der Waals surface area contributed by atoms with Crippen molar-refractivity contribution in [2.45, 2.75) is 31.8 Å². The summed E-state index contributed by atoms with van der Waals surface area (Å²) in [6.45, 7) is 2.88. The minimum Gasteiger partial charge on any atom is -0.347 e. The molecule has 0 spiro atoms. The molecule has 1 aliphatic rings. The third-order valence-corrected chi connectivity index (χ3v) is 5.58. The third kappa shape index (κ3) is 4.27. The highest BCUT2D eigenvalue weighted by atomic mass is 32.1. The topological polar surface area (TPSA) is 84.2 Å². The van der Waals surface area contributed by atoms with Gasteiger partial charge in [0.15, 0.2) is 0 Å². The van der Waals surface area contributed by atoms with Crippen LogP contribution in [0.15, 0.2) is 41.8 Å². The molecular weight excluding hydrogens is 334 g/mol. The van der Waals surface area contributed by atoms with Crippen LogP contribution in [-0.4, -0.2) is 23.9 Å². The summed E-state index contributed by atoms with van der Waals surface area (Å²) >= 11 is 1.41. The van der Waals surface area contributed by atoms with Crippen LogP contribution >= 0.6 is 11.3 Å². The molecule has 2 amide bonds. The van der Waals surface area contributed by atoms with E-state index in [1.807, 2.05) is 30.5 Å². The Hall–Kier alpha value is -2.18. The van der Waals surface area contributed by atoms with Gasteiger partial charge in [-0.3, -0.25) is 9.59 Å². The largest absolute Gasteiger partial charge is 0.347 e. The second-order valence-corrected chi connectivity index (χ2v) is 7.65. The van der Waals surface area contributed by atoms with E-state index in [0.717, 1.165) is 18.4 Å². The Kier molecular flexibility index (Phi) is 5.20. The molecule has 6 heteroatoms. The van der Waals surface area contributed by atoms with Gasteiger partial charge in [0.25, 0.3) is 11.8 Å². The second-order valence-electron chi connectivity index (χ2n) is 6.71. The molecular formula is C19H23N3O2S. The van der Waals surface area contributed by atoms with E-state index in [2.05, 4.69) is 10.6 Å². The van der Waals surface area contributed by atoms with Crippen molar-refractivity contribution in [1.82, 2.24) is 10.6 Å². The van der Waals surface area contributed by atoms with Crippen LogP contribution in [-0.2, 0) is 6.54 Å². The van der Waals surface area contributed by atoms with Crippen molar-refractivity contribution in [3.63, 3.8) is 0 Å². The minimum atomic E-state index is -0.329. The summed E-state index contributed by atoms with van der Waals surface area (Å²) in [5.74, 6) is 0.294. The number of carbonyl (C=O) groups excluding carboxylic acids is 2. The molecule has 1 fully saturated rings. The summed E-state index contributed by atoms with van der Waals surface area (Å²) in [6, 6.07) is 10.9. The van der Waals surface area contributed by atoms with Crippen molar-refractivity contribution < 1.29 is 9.59 Å². The fourth-order valence-electron chi connectivity index (χ4n) is 2.82. The van der Waals surface area contributed by atoms with E-state index in [9.17, 15) is 9.59 Å². The zero-order valence-electron chi connectivity index (χ0n) is 14.2. The Labute approximate surface area is 151 Å². The number of rotatable bonds is 7. The highest BCUT2D eigenvalue weighted by molar-refractivity contribution is 7.12. The second kappa shape index (κ2) is 7.37. The molecule has 132 valence electrons. The van der Waals surface area contributed by atoms with Crippen molar-refractivity contribution in [3.05, 3.63) is 57.8 Å². The van der Waals surface area contributed by atoms with Gasteiger partial charge in [-0.15, -0.1) is 11.3 Å². The van der Waals surface area contributed by atoms with Gasteiger partial charge in [0.1, 0.15) is 0 Å². The number of nitrogens with two attached hydrogens (primary N) is 1. The lowest BCUT2D eigenvalue weighted by atomic mass is 9.95. The van der Waals surface area contributed by atoms with Crippen LogP contribution in [0.5, 0.6) is 0 Å². The molecule has 0 aliphatic heterocycles. The fourth-order valence-corrected chi connectivity index (χ4v) is 3.46. The molecule has 25 heavy (non-hydrogen) atoms. The molecule has 2 aromatic rings. The van der Waals surface area contributed by atoms with E-state index in [0.29, 0.717) is 29.4 Å². The van der Waals surface area contributed by atoms with Crippen molar-refractivity contribution in [2.75, 3.05) is 6.54 Å². The number of thiophene rings is 1. The maximum absolute atomic E-state index is 12.4. The summed E-state index contributed by atoms with van der Waals surface area (Å²) in [5.41, 5.74) is 7.08. The fraction of sp³-hybridized carbons (Fsp3) is 0.368. The highest BCUT2D eigenvalue weighted by Gasteiger charge is 2.41. The molecule has 1 aliphatic carbocycles. The van der Waals surface area contributed by atoms with Crippen LogP contribution in [0.3, 0.4) is 0 Å². The summed E-state index contributed by atoms with van der Waals surface area (Å²) in [6.07, 6.45) is 2.24. The van der Waals surface area contributed by atoms with Gasteiger partial charge in [0, 0.05) is 18.7 Å². The first-order chi connectivity index (χ1) is 12.0. The molecule has 0 saturated heterocycles. The SMILES string of the molecule is CC(CN)(NC(=O)c1ccc(CNC(=O)c2cccs2)cc1)C1CC1. The Morgan fingerprint density at radius 1 is 1.20 bits per heavy atom. The van der Waals surface area contributed by atoms with Crippen molar-refractivity contribution >= 4 is 23.2 Å². The zero-order chi connectivity index (χ0) is 17.9. The average Bonchev–Trinajstić information content (AvgIpc) is 3.35. The number of benzene rings is 1. The average molecular weight is 357 g/mol. The van der Waals surface area contributed by atoms with Gasteiger partial charge < -0.3 is 16.4 Å². The summed E-state index contributed by atoms with van der Waals surface area (Å²) in [4.78, 5) is 25.1. The molecule has 4 N–H and O–H groups in total. The number of amides is 2. The molecule has 0 radical (unpaired) electrons. The van der Waals surface area contributed by atoms with E-state index in [-0.39, 0.29) is 17.4 Å². The van der Waals surface area contributed by atoms with E-state index in [4.69, 9.17) is 5.73 Å². The first-order valence-electron chi connectivity index (χ1n) is 8.45. The number of carbonyl (C=O) groups is 2. The zero-order valence-corrected chi connectivity index (χ0v) is 15.1. The third-order valence-electron chi connectivity index (χ3n) is 4.72. The van der Waals surface area contributed by atoms with Gasteiger partial charge in [-0.1, -0.05) is 18.2 Å². The molecule has 0 bridgehead atoms. The summed E-state index contributed by atoms with van der Waals surface area (Å²) < 4.78 is 0. The Morgan fingerprint density at radius 2 is 1.92 bits per heavy atom. The minimum absolute atomic E-state index is 0.0834. The van der Waals surface area contributed by atoms with Crippen LogP contribution in [0.4, 0.5) is 0 Å². The van der Waals surface area contributed by atoms with Crippen molar-refractivity contribution in [3.8, 4) is 0 Å². The lowest BCUT2D eigenvalue weighted by Gasteiger charge is -2.29. The monoisotopic (exact) mass is 357 g/mol. The van der Waals surface area contributed by atoms with E-state index >= 15 is 0 Å². The molecule has 1 heterocycles. The molecule has 1 unspecified atom stereocenters. The normalized spacial score (nSPS) is 16.1. The first-order valence-corrected chi connectivity index (χ1v) is 9.33. The number of hydrogen-bond donors (Lipinski definition) is 3. The van der Waals surface area contributed by atoms with E-state index in [1.54, 1.807) is 18.2 Å². The maximum atomic E-state index is 12.4. The molecule has 1 saturated carbocycles. The molecule has 3 rings (SSSR count). The van der Waals surface area contributed by atoms with Gasteiger partial charge in [-0.05, 0) is 54.8 Å². The van der Waals surface area contributed by atoms with Crippen molar-refractivity contribution in [2.24, 2.45) is 11.7 Å². The standard InChI is InChI=1S/C19H23N3O2S/c1-19(12-20,15-8-9-15)22-17(23)14-6-4-13(5-7-14)11-21-18(24)16-3-2-10-25-16/h2-7,10,15H,8-9,11-12,20H2,1H3,(H,21,24)(H,22,23). The quantitative estimate of drug-likeness (QED) is 0.712. The lowest BCUT2D eigenvalue weighted by Crippen LogP contribution is -2.53. The van der Waals surface area contributed by atoms with Crippen LogP contribution in [0.2, 0.25) is 0 Å².